The highest BCUT2D eigenvalue weighted by Gasteiger charge is 2.46. The van der Waals surface area contributed by atoms with E-state index < -0.39 is 5.82 Å². The summed E-state index contributed by atoms with van der Waals surface area (Å²) in [5.74, 6) is 0.115. The number of carbonyl (C=O) groups excluding carboxylic acids is 1. The predicted molar refractivity (Wildman–Crippen MR) is 184 cm³/mol. The standard InChI is InChI=1S/C36H41ClFN7O3/c1-3-29(46)45-20-36(21-45)10-14-44(15-11-36)34-25-18-27(37)31(30-22(2)4-5-28-26(30)19-39-42-28)32(38)33(25)40-35(41-34)48-24-6-12-43(13-7-24)23-8-16-47-17-9-23/h3-5,18-19,23-24H,1,6-17,20-21H2,2H3,(H,39,42). The second-order valence-electron chi connectivity index (χ2n) is 13.9. The monoisotopic (exact) mass is 673 g/mol. The lowest BCUT2D eigenvalue weighted by Gasteiger charge is -2.54. The number of benzene rings is 2. The number of anilines is 1. The average Bonchev–Trinajstić information content (AvgIpc) is 3.58. The number of amides is 1. The van der Waals surface area contributed by atoms with Gasteiger partial charge in [0.25, 0.3) is 0 Å². The second-order valence-corrected chi connectivity index (χ2v) is 14.4. The van der Waals surface area contributed by atoms with Crippen LogP contribution in [0.4, 0.5) is 10.2 Å². The van der Waals surface area contributed by atoms with Gasteiger partial charge in [-0.05, 0) is 69.2 Å². The van der Waals surface area contributed by atoms with Crippen LogP contribution < -0.4 is 9.64 Å². The number of aromatic amines is 1. The summed E-state index contributed by atoms with van der Waals surface area (Å²) in [5.41, 5.74) is 2.97. The van der Waals surface area contributed by atoms with Crippen LogP contribution in [0.5, 0.6) is 6.01 Å². The molecule has 0 atom stereocenters. The third-order valence-electron chi connectivity index (χ3n) is 11.0. The predicted octanol–water partition coefficient (Wildman–Crippen LogP) is 5.91. The SMILES string of the molecule is C=CC(=O)N1CC2(CCN(c3nc(OC4CCN(C5CCOCC5)CC4)nc4c(F)c(-c5c(C)ccc6[nH]ncc56)c(Cl)cc34)CC2)C1. The lowest BCUT2D eigenvalue weighted by Crippen LogP contribution is -2.61. The number of nitrogens with zero attached hydrogens (tertiary/aromatic N) is 6. The molecule has 8 rings (SSSR count). The molecule has 0 aliphatic carbocycles. The molecule has 12 heteroatoms. The van der Waals surface area contributed by atoms with Crippen LogP contribution in [0, 0.1) is 18.2 Å². The van der Waals surface area contributed by atoms with Crippen LogP contribution in [0.15, 0.2) is 37.1 Å². The molecule has 0 saturated carbocycles. The highest BCUT2D eigenvalue weighted by molar-refractivity contribution is 6.35. The Morgan fingerprint density at radius 3 is 2.56 bits per heavy atom. The minimum Gasteiger partial charge on any atom is -0.460 e. The van der Waals surface area contributed by atoms with Crippen molar-refractivity contribution in [2.75, 3.05) is 57.4 Å². The van der Waals surface area contributed by atoms with Gasteiger partial charge in [0.05, 0.1) is 16.7 Å². The summed E-state index contributed by atoms with van der Waals surface area (Å²) in [7, 11) is 0. The molecule has 10 nitrogen and oxygen atoms in total. The fraction of sp³-hybridized carbons (Fsp3) is 0.500. The summed E-state index contributed by atoms with van der Waals surface area (Å²) in [4.78, 5) is 28.4. The molecular weight excluding hydrogens is 633 g/mol. The summed E-state index contributed by atoms with van der Waals surface area (Å²) in [6, 6.07) is 6.43. The molecular formula is C36H41ClFN7O3. The Labute approximate surface area is 284 Å². The van der Waals surface area contributed by atoms with Crippen molar-refractivity contribution < 1.29 is 18.7 Å². The number of halogens is 2. The first kappa shape index (κ1) is 31.5. The van der Waals surface area contributed by atoms with Crippen molar-refractivity contribution in [1.82, 2.24) is 30.0 Å². The lowest BCUT2D eigenvalue weighted by molar-refractivity contribution is -0.139. The van der Waals surface area contributed by atoms with Gasteiger partial charge in [-0.1, -0.05) is 24.2 Å². The Morgan fingerprint density at radius 2 is 1.83 bits per heavy atom. The van der Waals surface area contributed by atoms with Crippen molar-refractivity contribution >= 4 is 45.1 Å². The van der Waals surface area contributed by atoms with Gasteiger partial charge in [-0.3, -0.25) is 14.8 Å². The van der Waals surface area contributed by atoms with E-state index in [9.17, 15) is 4.79 Å². The van der Waals surface area contributed by atoms with E-state index in [2.05, 4.69) is 26.6 Å². The first-order chi connectivity index (χ1) is 23.3. The summed E-state index contributed by atoms with van der Waals surface area (Å²) in [6.07, 6.45) is 8.68. The second kappa shape index (κ2) is 12.6. The fourth-order valence-electron chi connectivity index (χ4n) is 8.26. The molecule has 1 amide bonds. The van der Waals surface area contributed by atoms with Crippen LogP contribution in [0.3, 0.4) is 0 Å². The van der Waals surface area contributed by atoms with Gasteiger partial charge >= 0.3 is 6.01 Å². The molecule has 2 aromatic heterocycles. The van der Waals surface area contributed by atoms with Crippen LogP contribution in [-0.4, -0.2) is 101 Å². The summed E-state index contributed by atoms with van der Waals surface area (Å²) in [6.45, 7) is 12.0. The minimum absolute atomic E-state index is 0.0208. The number of ether oxygens (including phenoxy) is 2. The normalized spacial score (nSPS) is 20.8. The van der Waals surface area contributed by atoms with Crippen LogP contribution in [0.25, 0.3) is 32.9 Å². The van der Waals surface area contributed by atoms with E-state index in [-0.39, 0.29) is 29.0 Å². The maximum atomic E-state index is 17.0. The van der Waals surface area contributed by atoms with Crippen molar-refractivity contribution in [3.63, 3.8) is 0 Å². The van der Waals surface area contributed by atoms with Crippen molar-refractivity contribution in [2.45, 2.75) is 57.6 Å². The topological polar surface area (TPSA) is 99.7 Å². The van der Waals surface area contributed by atoms with E-state index in [1.807, 2.05) is 24.0 Å². The van der Waals surface area contributed by atoms with Gasteiger partial charge in [0.1, 0.15) is 17.4 Å². The fourth-order valence-corrected chi connectivity index (χ4v) is 8.54. The number of hydrogen-bond acceptors (Lipinski definition) is 8. The number of piperidine rings is 2. The molecule has 252 valence electrons. The third-order valence-corrected chi connectivity index (χ3v) is 11.3. The molecule has 4 aliphatic heterocycles. The molecule has 0 radical (unpaired) electrons. The Morgan fingerprint density at radius 1 is 1.08 bits per heavy atom. The number of likely N-dealkylation sites (tertiary alicyclic amines) is 2. The first-order valence-corrected chi connectivity index (χ1v) is 17.5. The van der Waals surface area contributed by atoms with E-state index in [1.165, 1.54) is 6.08 Å². The number of fused-ring (bicyclic) bond motifs is 2. The number of rotatable bonds is 6. The quantitative estimate of drug-likeness (QED) is 0.252. The molecule has 4 fully saturated rings. The van der Waals surface area contributed by atoms with Gasteiger partial charge in [-0.25, -0.2) is 4.39 Å². The van der Waals surface area contributed by atoms with E-state index in [0.29, 0.717) is 33.4 Å². The van der Waals surface area contributed by atoms with Crippen LogP contribution >= 0.6 is 11.6 Å². The van der Waals surface area contributed by atoms with Gasteiger partial charge in [0, 0.05) is 85.8 Å². The van der Waals surface area contributed by atoms with E-state index in [4.69, 9.17) is 31.0 Å². The number of aryl methyl sites for hydroxylation is 1. The molecule has 1 spiro atoms. The Balaban J connectivity index is 1.13. The molecule has 6 heterocycles. The largest absolute Gasteiger partial charge is 0.460 e. The smallest absolute Gasteiger partial charge is 0.319 e. The number of H-pyrrole nitrogens is 1. The zero-order valence-corrected chi connectivity index (χ0v) is 28.1. The Kier molecular flexibility index (Phi) is 8.25. The summed E-state index contributed by atoms with van der Waals surface area (Å²) >= 11 is 6.97. The number of nitrogens with one attached hydrogen (secondary N) is 1. The van der Waals surface area contributed by atoms with Crippen molar-refractivity contribution in [2.24, 2.45) is 5.41 Å². The zero-order chi connectivity index (χ0) is 33.0. The molecule has 2 aromatic carbocycles. The van der Waals surface area contributed by atoms with Gasteiger partial charge in [0.15, 0.2) is 5.82 Å². The minimum atomic E-state index is -0.497. The zero-order valence-electron chi connectivity index (χ0n) is 27.3. The van der Waals surface area contributed by atoms with Crippen molar-refractivity contribution in [3.05, 3.63) is 53.5 Å². The number of hydrogen-bond donors (Lipinski definition) is 1. The van der Waals surface area contributed by atoms with Gasteiger partial charge in [-0.15, -0.1) is 0 Å². The van der Waals surface area contributed by atoms with E-state index >= 15 is 4.39 Å². The molecule has 4 saturated heterocycles. The molecule has 0 bridgehead atoms. The Bertz CT molecular complexity index is 1870. The first-order valence-electron chi connectivity index (χ1n) is 17.1. The molecule has 4 aliphatic rings. The Hall–Kier alpha value is -3.80. The highest BCUT2D eigenvalue weighted by atomic mass is 35.5. The number of aromatic nitrogens is 4. The van der Waals surface area contributed by atoms with Crippen LogP contribution in [0.1, 0.15) is 44.1 Å². The maximum absolute atomic E-state index is 17.0. The molecule has 4 aromatic rings. The number of carbonyl (C=O) groups is 1. The van der Waals surface area contributed by atoms with E-state index in [1.54, 1.807) is 12.3 Å². The van der Waals surface area contributed by atoms with Gasteiger partial charge in [-0.2, -0.15) is 15.1 Å². The van der Waals surface area contributed by atoms with Crippen molar-refractivity contribution in [3.8, 4) is 17.1 Å². The van der Waals surface area contributed by atoms with E-state index in [0.717, 1.165) is 107 Å². The summed E-state index contributed by atoms with van der Waals surface area (Å²) < 4.78 is 29.1. The average molecular weight is 674 g/mol. The highest BCUT2D eigenvalue weighted by Crippen LogP contribution is 2.45. The molecule has 0 unspecified atom stereocenters. The maximum Gasteiger partial charge on any atom is 0.319 e. The summed E-state index contributed by atoms with van der Waals surface area (Å²) in [5, 5.41) is 8.84. The molecule has 48 heavy (non-hydrogen) atoms. The van der Waals surface area contributed by atoms with Crippen LogP contribution in [0.2, 0.25) is 5.02 Å². The lowest BCUT2D eigenvalue weighted by atomic mass is 9.72. The van der Waals surface area contributed by atoms with Gasteiger partial charge in [0.2, 0.25) is 5.91 Å². The molecule has 1 N–H and O–H groups in total. The third kappa shape index (κ3) is 5.59. The van der Waals surface area contributed by atoms with Crippen LogP contribution in [-0.2, 0) is 9.53 Å². The van der Waals surface area contributed by atoms with Gasteiger partial charge < -0.3 is 19.3 Å². The van der Waals surface area contributed by atoms with Crippen molar-refractivity contribution in [1.29, 1.82) is 0 Å².